The fourth-order valence-electron chi connectivity index (χ4n) is 2.42. The molecule has 0 saturated carbocycles. The normalized spacial score (nSPS) is 10.9. The number of carbonyl (C=O) groups excluding carboxylic acids is 2. The quantitative estimate of drug-likeness (QED) is 0.374. The van der Waals surface area contributed by atoms with E-state index in [0.717, 1.165) is 0 Å². The van der Waals surface area contributed by atoms with Gasteiger partial charge >= 0.3 is 0 Å². The average molecular weight is 402 g/mol. The molecule has 2 amide bonds. The molecule has 0 bridgehead atoms. The number of hydrogen-bond acceptors (Lipinski definition) is 6. The van der Waals surface area contributed by atoms with Crippen LogP contribution in [0.1, 0.15) is 31.8 Å². The van der Waals surface area contributed by atoms with E-state index in [-0.39, 0.29) is 11.5 Å². The third-order valence-electron chi connectivity index (χ3n) is 4.02. The van der Waals surface area contributed by atoms with Crippen molar-refractivity contribution in [2.24, 2.45) is 10.2 Å². The molecule has 0 unspecified atom stereocenters. The molecule has 3 rings (SSSR count). The van der Waals surface area contributed by atoms with Crippen molar-refractivity contribution >= 4 is 24.2 Å². The molecule has 0 saturated heterocycles. The van der Waals surface area contributed by atoms with E-state index in [2.05, 4.69) is 21.1 Å². The summed E-state index contributed by atoms with van der Waals surface area (Å²) < 4.78 is 0. The number of nitrogens with one attached hydrogen (secondary N) is 2. The molecular formula is C22H18N4O4. The third kappa shape index (κ3) is 5.29. The molecule has 8 heteroatoms. The van der Waals surface area contributed by atoms with Gasteiger partial charge in [0.15, 0.2) is 0 Å². The summed E-state index contributed by atoms with van der Waals surface area (Å²) in [5.41, 5.74) is 6.25. The second-order valence-corrected chi connectivity index (χ2v) is 6.09. The molecule has 0 spiro atoms. The van der Waals surface area contributed by atoms with Crippen LogP contribution in [0.3, 0.4) is 0 Å². The van der Waals surface area contributed by atoms with Gasteiger partial charge in [0.25, 0.3) is 11.8 Å². The molecule has 3 aromatic carbocycles. The minimum Gasteiger partial charge on any atom is -0.507 e. The van der Waals surface area contributed by atoms with Crippen LogP contribution in [0, 0.1) is 0 Å². The van der Waals surface area contributed by atoms with Crippen molar-refractivity contribution < 1.29 is 19.8 Å². The highest BCUT2D eigenvalue weighted by atomic mass is 16.3. The first-order chi connectivity index (χ1) is 14.5. The summed E-state index contributed by atoms with van der Waals surface area (Å²) in [6.45, 7) is 0. The van der Waals surface area contributed by atoms with Crippen LogP contribution in [0.15, 0.2) is 83.0 Å². The SMILES string of the molecule is O=C(NN=Cc1ccccc1O)c1ccc(C(=O)NN=Cc2ccccc2O)cc1. The molecule has 0 aromatic heterocycles. The van der Waals surface area contributed by atoms with Gasteiger partial charge in [0, 0.05) is 22.3 Å². The molecule has 0 fully saturated rings. The Morgan fingerprint density at radius 3 is 1.37 bits per heavy atom. The van der Waals surface area contributed by atoms with Crippen LogP contribution in [0.4, 0.5) is 0 Å². The van der Waals surface area contributed by atoms with Gasteiger partial charge in [-0.05, 0) is 48.5 Å². The van der Waals surface area contributed by atoms with E-state index in [1.54, 1.807) is 36.4 Å². The Morgan fingerprint density at radius 2 is 1.00 bits per heavy atom. The number of nitrogens with zero attached hydrogens (tertiary/aromatic N) is 2. The smallest absolute Gasteiger partial charge is 0.271 e. The van der Waals surface area contributed by atoms with Crippen molar-refractivity contribution in [1.82, 2.24) is 10.9 Å². The van der Waals surface area contributed by atoms with Crippen molar-refractivity contribution in [3.63, 3.8) is 0 Å². The lowest BCUT2D eigenvalue weighted by Gasteiger charge is -2.03. The van der Waals surface area contributed by atoms with Crippen LogP contribution in [-0.2, 0) is 0 Å². The number of benzene rings is 3. The molecule has 0 heterocycles. The van der Waals surface area contributed by atoms with Gasteiger partial charge in [-0.1, -0.05) is 24.3 Å². The van der Waals surface area contributed by atoms with Crippen molar-refractivity contribution in [3.8, 4) is 11.5 Å². The van der Waals surface area contributed by atoms with Gasteiger partial charge < -0.3 is 10.2 Å². The van der Waals surface area contributed by atoms with Gasteiger partial charge in [-0.2, -0.15) is 10.2 Å². The number of rotatable bonds is 6. The van der Waals surface area contributed by atoms with Crippen molar-refractivity contribution in [3.05, 3.63) is 95.1 Å². The summed E-state index contributed by atoms with van der Waals surface area (Å²) in [4.78, 5) is 24.3. The minimum absolute atomic E-state index is 0.0519. The highest BCUT2D eigenvalue weighted by Gasteiger charge is 2.08. The highest BCUT2D eigenvalue weighted by Crippen LogP contribution is 2.13. The van der Waals surface area contributed by atoms with Gasteiger partial charge in [-0.15, -0.1) is 0 Å². The lowest BCUT2D eigenvalue weighted by atomic mass is 10.1. The first-order valence-electron chi connectivity index (χ1n) is 8.87. The fraction of sp³-hybridized carbons (Fsp3) is 0. The molecule has 0 radical (unpaired) electrons. The van der Waals surface area contributed by atoms with E-state index in [1.807, 2.05) is 0 Å². The molecule has 150 valence electrons. The standard InChI is InChI=1S/C22H18N4O4/c27-19-7-3-1-5-17(19)13-23-25-21(29)15-9-11-16(12-10-15)22(30)26-24-14-18-6-2-4-8-20(18)28/h1-14,27-28H,(H,25,29)(H,26,30). The number of phenols is 2. The lowest BCUT2D eigenvalue weighted by molar-refractivity contribution is 0.0943. The Labute approximate surface area is 172 Å². The third-order valence-corrected chi connectivity index (χ3v) is 4.02. The van der Waals surface area contributed by atoms with E-state index in [1.165, 1.54) is 48.8 Å². The van der Waals surface area contributed by atoms with E-state index in [0.29, 0.717) is 22.3 Å². The lowest BCUT2D eigenvalue weighted by Crippen LogP contribution is -2.19. The Kier molecular flexibility index (Phi) is 6.52. The Morgan fingerprint density at radius 1 is 0.633 bits per heavy atom. The molecule has 8 nitrogen and oxygen atoms in total. The number of phenolic OH excluding ortho intramolecular Hbond substituents is 2. The fourth-order valence-corrected chi connectivity index (χ4v) is 2.42. The minimum atomic E-state index is -0.466. The van der Waals surface area contributed by atoms with Gasteiger partial charge in [0.1, 0.15) is 11.5 Å². The zero-order chi connectivity index (χ0) is 21.3. The van der Waals surface area contributed by atoms with E-state index in [9.17, 15) is 19.8 Å². The maximum absolute atomic E-state index is 12.1. The van der Waals surface area contributed by atoms with Crippen molar-refractivity contribution in [1.29, 1.82) is 0 Å². The number of aromatic hydroxyl groups is 2. The molecule has 3 aromatic rings. The summed E-state index contributed by atoms with van der Waals surface area (Å²) in [6.07, 6.45) is 2.66. The largest absolute Gasteiger partial charge is 0.507 e. The van der Waals surface area contributed by atoms with Gasteiger partial charge in [0.2, 0.25) is 0 Å². The van der Waals surface area contributed by atoms with Crippen LogP contribution in [0.25, 0.3) is 0 Å². The maximum Gasteiger partial charge on any atom is 0.271 e. The predicted octanol–water partition coefficient (Wildman–Crippen LogP) is 2.63. The second-order valence-electron chi connectivity index (χ2n) is 6.09. The summed E-state index contributed by atoms with van der Waals surface area (Å²) in [6, 6.07) is 19.1. The van der Waals surface area contributed by atoms with E-state index < -0.39 is 11.8 Å². The van der Waals surface area contributed by atoms with Gasteiger partial charge in [-0.3, -0.25) is 9.59 Å². The zero-order valence-corrected chi connectivity index (χ0v) is 15.7. The molecule has 0 atom stereocenters. The number of hydrazone groups is 2. The number of para-hydroxylation sites is 2. The average Bonchev–Trinajstić information content (AvgIpc) is 2.76. The first kappa shape index (κ1) is 20.3. The van der Waals surface area contributed by atoms with Gasteiger partial charge in [-0.25, -0.2) is 10.9 Å². The Hall–Kier alpha value is -4.46. The van der Waals surface area contributed by atoms with E-state index in [4.69, 9.17) is 0 Å². The van der Waals surface area contributed by atoms with Crippen LogP contribution in [0.2, 0.25) is 0 Å². The van der Waals surface area contributed by atoms with E-state index >= 15 is 0 Å². The maximum atomic E-state index is 12.1. The molecule has 30 heavy (non-hydrogen) atoms. The molecule has 0 aliphatic rings. The van der Waals surface area contributed by atoms with Crippen LogP contribution in [-0.4, -0.2) is 34.5 Å². The number of carbonyl (C=O) groups is 2. The molecular weight excluding hydrogens is 384 g/mol. The molecule has 0 aliphatic carbocycles. The highest BCUT2D eigenvalue weighted by molar-refractivity contribution is 5.98. The van der Waals surface area contributed by atoms with Crippen LogP contribution < -0.4 is 10.9 Å². The summed E-state index contributed by atoms with van der Waals surface area (Å²) in [7, 11) is 0. The molecule has 4 N–H and O–H groups in total. The summed E-state index contributed by atoms with van der Waals surface area (Å²) in [5.74, 6) is -0.829. The first-order valence-corrected chi connectivity index (χ1v) is 8.87. The predicted molar refractivity (Wildman–Crippen MR) is 113 cm³/mol. The van der Waals surface area contributed by atoms with Crippen LogP contribution >= 0.6 is 0 Å². The Balaban J connectivity index is 1.56. The summed E-state index contributed by atoms with van der Waals surface area (Å²) in [5, 5.41) is 26.9. The Bertz CT molecular complexity index is 1020. The topological polar surface area (TPSA) is 123 Å². The summed E-state index contributed by atoms with van der Waals surface area (Å²) >= 11 is 0. The number of hydrogen-bond donors (Lipinski definition) is 4. The monoisotopic (exact) mass is 402 g/mol. The van der Waals surface area contributed by atoms with Crippen molar-refractivity contribution in [2.45, 2.75) is 0 Å². The molecule has 0 aliphatic heterocycles. The number of amides is 2. The zero-order valence-electron chi connectivity index (χ0n) is 15.7. The van der Waals surface area contributed by atoms with Gasteiger partial charge in [0.05, 0.1) is 12.4 Å². The van der Waals surface area contributed by atoms with Crippen molar-refractivity contribution in [2.75, 3.05) is 0 Å². The van der Waals surface area contributed by atoms with Crippen LogP contribution in [0.5, 0.6) is 11.5 Å². The second kappa shape index (κ2) is 9.65.